The first-order valence-electron chi connectivity index (χ1n) is 11.9. The molecule has 0 amide bonds. The summed E-state index contributed by atoms with van der Waals surface area (Å²) in [7, 11) is 2.20. The zero-order chi connectivity index (χ0) is 22.1. The van der Waals surface area contributed by atoms with Gasteiger partial charge in [0.05, 0.1) is 19.3 Å². The Hall–Kier alpha value is -2.66. The SMILES string of the molecule is CN1CCC(CCCOc2ccc3c(ccc4occ([C@H]5CCC(=O)CC5=O)c43)c2)CC1. The highest BCUT2D eigenvalue weighted by molar-refractivity contribution is 6.11. The lowest BCUT2D eigenvalue weighted by molar-refractivity contribution is -0.130. The molecule has 168 valence electrons. The van der Waals surface area contributed by atoms with Crippen LogP contribution in [0, 0.1) is 5.92 Å². The van der Waals surface area contributed by atoms with Gasteiger partial charge < -0.3 is 14.1 Å². The van der Waals surface area contributed by atoms with Crippen LogP contribution in [0.3, 0.4) is 0 Å². The van der Waals surface area contributed by atoms with E-state index in [4.69, 9.17) is 9.15 Å². The molecule has 0 bridgehead atoms. The maximum absolute atomic E-state index is 12.5. The molecule has 1 aromatic heterocycles. The third-order valence-electron chi connectivity index (χ3n) is 7.27. The van der Waals surface area contributed by atoms with Crippen LogP contribution in [0.4, 0.5) is 0 Å². The van der Waals surface area contributed by atoms with Crippen LogP contribution in [0.15, 0.2) is 41.0 Å². The maximum atomic E-state index is 12.5. The van der Waals surface area contributed by atoms with Crippen molar-refractivity contribution in [3.05, 3.63) is 42.2 Å². The number of carbonyl (C=O) groups is 2. The van der Waals surface area contributed by atoms with Gasteiger partial charge in [0.2, 0.25) is 0 Å². The average molecular weight is 434 g/mol. The molecule has 1 atom stereocenters. The van der Waals surface area contributed by atoms with Crippen molar-refractivity contribution >= 4 is 33.3 Å². The van der Waals surface area contributed by atoms with Crippen LogP contribution in [0.5, 0.6) is 5.75 Å². The monoisotopic (exact) mass is 433 g/mol. The molecule has 2 aliphatic rings. The van der Waals surface area contributed by atoms with E-state index in [-0.39, 0.29) is 23.9 Å². The minimum atomic E-state index is -0.255. The Bertz CT molecular complexity index is 1140. The van der Waals surface area contributed by atoms with Gasteiger partial charge in [0.25, 0.3) is 0 Å². The summed E-state index contributed by atoms with van der Waals surface area (Å²) in [5.74, 6) is 1.50. The van der Waals surface area contributed by atoms with Crippen molar-refractivity contribution in [1.29, 1.82) is 0 Å². The number of rotatable bonds is 6. The molecule has 1 aliphatic heterocycles. The summed E-state index contributed by atoms with van der Waals surface area (Å²) in [5, 5.41) is 3.13. The second-order valence-corrected chi connectivity index (χ2v) is 9.52. The van der Waals surface area contributed by atoms with E-state index in [2.05, 4.69) is 24.1 Å². The van der Waals surface area contributed by atoms with E-state index < -0.39 is 0 Å². The van der Waals surface area contributed by atoms with Crippen molar-refractivity contribution in [3.63, 3.8) is 0 Å². The van der Waals surface area contributed by atoms with E-state index >= 15 is 0 Å². The predicted molar refractivity (Wildman–Crippen MR) is 125 cm³/mol. The molecule has 5 rings (SSSR count). The van der Waals surface area contributed by atoms with Gasteiger partial charge in [-0.05, 0) is 93.2 Å². The highest BCUT2D eigenvalue weighted by atomic mass is 16.5. The molecular weight excluding hydrogens is 402 g/mol. The van der Waals surface area contributed by atoms with Gasteiger partial charge in [0, 0.05) is 23.3 Å². The molecule has 0 spiro atoms. The number of furan rings is 1. The lowest BCUT2D eigenvalue weighted by atomic mass is 9.81. The number of nitrogens with zero attached hydrogens (tertiary/aromatic N) is 1. The summed E-state index contributed by atoms with van der Waals surface area (Å²) in [5.41, 5.74) is 1.69. The number of likely N-dealkylation sites (tertiary alicyclic amines) is 1. The Morgan fingerprint density at radius 1 is 1.09 bits per heavy atom. The number of ketones is 2. The number of Topliss-reactive ketones (excluding diaryl/α,β-unsaturated/α-hetero) is 2. The maximum Gasteiger partial charge on any atom is 0.147 e. The van der Waals surface area contributed by atoms with E-state index in [9.17, 15) is 9.59 Å². The zero-order valence-electron chi connectivity index (χ0n) is 18.8. The van der Waals surface area contributed by atoms with Crippen molar-refractivity contribution < 1.29 is 18.7 Å². The summed E-state index contributed by atoms with van der Waals surface area (Å²) in [6, 6.07) is 10.2. The molecule has 0 N–H and O–H groups in total. The Morgan fingerprint density at radius 2 is 1.94 bits per heavy atom. The van der Waals surface area contributed by atoms with Crippen LogP contribution in [0.25, 0.3) is 21.7 Å². The van der Waals surface area contributed by atoms with Crippen LogP contribution >= 0.6 is 0 Å². The highest BCUT2D eigenvalue weighted by Crippen LogP contribution is 2.39. The number of hydrogen-bond acceptors (Lipinski definition) is 5. The number of fused-ring (bicyclic) bond motifs is 3. The van der Waals surface area contributed by atoms with Gasteiger partial charge in [-0.2, -0.15) is 0 Å². The summed E-state index contributed by atoms with van der Waals surface area (Å²) in [6.45, 7) is 3.16. The van der Waals surface area contributed by atoms with E-state index in [1.165, 1.54) is 32.4 Å². The Labute approximate surface area is 188 Å². The molecule has 5 nitrogen and oxygen atoms in total. The first kappa shape index (κ1) is 21.2. The minimum absolute atomic E-state index is 0.00511. The Kier molecular flexibility index (Phi) is 6.01. The van der Waals surface area contributed by atoms with Crippen LogP contribution < -0.4 is 4.74 Å². The Morgan fingerprint density at radius 3 is 2.75 bits per heavy atom. The van der Waals surface area contributed by atoms with E-state index in [0.29, 0.717) is 12.8 Å². The van der Waals surface area contributed by atoms with Gasteiger partial charge in [0.1, 0.15) is 22.9 Å². The predicted octanol–water partition coefficient (Wildman–Crippen LogP) is 5.49. The lowest BCUT2D eigenvalue weighted by Crippen LogP contribution is -2.30. The number of carbonyl (C=O) groups excluding carboxylic acids is 2. The summed E-state index contributed by atoms with van der Waals surface area (Å²) in [4.78, 5) is 26.6. The average Bonchev–Trinajstić information content (AvgIpc) is 3.22. The third-order valence-corrected chi connectivity index (χ3v) is 7.27. The van der Waals surface area contributed by atoms with Gasteiger partial charge in [-0.3, -0.25) is 9.59 Å². The van der Waals surface area contributed by atoms with E-state index in [1.807, 2.05) is 18.2 Å². The molecule has 1 saturated carbocycles. The molecule has 5 heteroatoms. The topological polar surface area (TPSA) is 59.8 Å². The third kappa shape index (κ3) is 4.31. The first-order chi connectivity index (χ1) is 15.6. The van der Waals surface area contributed by atoms with Crippen molar-refractivity contribution in [1.82, 2.24) is 4.90 Å². The molecule has 1 saturated heterocycles. The van der Waals surface area contributed by atoms with Crippen molar-refractivity contribution in [2.24, 2.45) is 5.92 Å². The van der Waals surface area contributed by atoms with Crippen molar-refractivity contribution in [2.45, 2.75) is 50.9 Å². The van der Waals surface area contributed by atoms with E-state index in [0.717, 1.165) is 52.0 Å². The van der Waals surface area contributed by atoms with Gasteiger partial charge in [0.15, 0.2) is 0 Å². The molecule has 2 heterocycles. The molecule has 2 aromatic carbocycles. The smallest absolute Gasteiger partial charge is 0.147 e. The van der Waals surface area contributed by atoms with Gasteiger partial charge in [-0.1, -0.05) is 6.07 Å². The van der Waals surface area contributed by atoms with Gasteiger partial charge in [-0.15, -0.1) is 0 Å². The number of benzene rings is 2. The zero-order valence-corrected chi connectivity index (χ0v) is 18.8. The molecule has 1 aliphatic carbocycles. The lowest BCUT2D eigenvalue weighted by Gasteiger charge is -2.28. The fourth-order valence-electron chi connectivity index (χ4n) is 5.33. The van der Waals surface area contributed by atoms with Crippen LogP contribution in [-0.4, -0.2) is 43.2 Å². The number of ether oxygens (including phenoxy) is 1. The largest absolute Gasteiger partial charge is 0.494 e. The van der Waals surface area contributed by atoms with Gasteiger partial charge >= 0.3 is 0 Å². The van der Waals surface area contributed by atoms with Gasteiger partial charge in [-0.25, -0.2) is 0 Å². The normalized spacial score (nSPS) is 21.0. The molecule has 0 radical (unpaired) electrons. The molecule has 0 unspecified atom stereocenters. The highest BCUT2D eigenvalue weighted by Gasteiger charge is 2.31. The van der Waals surface area contributed by atoms with Crippen LogP contribution in [0.2, 0.25) is 0 Å². The van der Waals surface area contributed by atoms with Crippen molar-refractivity contribution in [3.8, 4) is 5.75 Å². The molecular formula is C27H31NO4. The number of hydrogen-bond donors (Lipinski definition) is 0. The van der Waals surface area contributed by atoms with Crippen LogP contribution in [0.1, 0.15) is 56.4 Å². The van der Waals surface area contributed by atoms with Crippen LogP contribution in [-0.2, 0) is 9.59 Å². The standard InChI is InChI=1S/C27H31NO4/c1-28-12-10-18(11-13-28)3-2-14-31-21-6-8-22-19(15-21)4-9-26-27(22)24(17-32-26)23-7-5-20(29)16-25(23)30/h4,6,8-9,15,17-18,23H,2-3,5,7,10-14,16H2,1H3/t23-/m1/s1. The fraction of sp³-hybridized carbons (Fsp3) is 0.481. The fourth-order valence-corrected chi connectivity index (χ4v) is 5.33. The molecule has 2 fully saturated rings. The summed E-state index contributed by atoms with van der Waals surface area (Å²) in [6.07, 6.45) is 7.69. The van der Waals surface area contributed by atoms with E-state index in [1.54, 1.807) is 6.26 Å². The molecule has 3 aromatic rings. The number of piperidine rings is 1. The molecule has 32 heavy (non-hydrogen) atoms. The first-order valence-corrected chi connectivity index (χ1v) is 11.9. The van der Waals surface area contributed by atoms with Crippen molar-refractivity contribution in [2.75, 3.05) is 26.7 Å². The quantitative estimate of drug-likeness (QED) is 0.380. The summed E-state index contributed by atoms with van der Waals surface area (Å²) >= 11 is 0. The Balaban J connectivity index is 1.30. The second kappa shape index (κ2) is 9.07. The minimum Gasteiger partial charge on any atom is -0.494 e. The summed E-state index contributed by atoms with van der Waals surface area (Å²) < 4.78 is 11.9. The second-order valence-electron chi connectivity index (χ2n) is 9.52.